The molecule has 0 spiro atoms. The van der Waals surface area contributed by atoms with Crippen LogP contribution in [0.2, 0.25) is 0 Å². The Morgan fingerprint density at radius 3 is 2.95 bits per heavy atom. The molecule has 0 saturated carbocycles. The monoisotopic (exact) mass is 308 g/mol. The molecule has 1 aliphatic rings. The number of hydrogen-bond acceptors (Lipinski definition) is 5. The summed E-state index contributed by atoms with van der Waals surface area (Å²) in [6, 6.07) is 5.08. The number of primary amides is 1. The van der Waals surface area contributed by atoms with Gasteiger partial charge in [-0.1, -0.05) is 0 Å². The third-order valence-electron chi connectivity index (χ3n) is 3.65. The van der Waals surface area contributed by atoms with Crippen LogP contribution in [0.3, 0.4) is 0 Å². The minimum Gasteiger partial charge on any atom is -0.467 e. The summed E-state index contributed by atoms with van der Waals surface area (Å²) in [6.45, 7) is 0.795. The van der Waals surface area contributed by atoms with E-state index in [0.717, 1.165) is 30.8 Å². The van der Waals surface area contributed by atoms with Crippen molar-refractivity contribution in [1.29, 1.82) is 0 Å². The van der Waals surface area contributed by atoms with Crippen molar-refractivity contribution in [2.45, 2.75) is 24.9 Å². The molecule has 1 fully saturated rings. The van der Waals surface area contributed by atoms with Crippen LogP contribution in [0.25, 0.3) is 0 Å². The molecule has 1 saturated heterocycles. The van der Waals surface area contributed by atoms with Crippen LogP contribution >= 0.6 is 12.4 Å². The van der Waals surface area contributed by atoms with Crippen molar-refractivity contribution in [3.8, 4) is 0 Å². The number of amides is 1. The van der Waals surface area contributed by atoms with Crippen molar-refractivity contribution in [2.24, 2.45) is 5.73 Å². The van der Waals surface area contributed by atoms with E-state index in [9.17, 15) is 4.79 Å². The summed E-state index contributed by atoms with van der Waals surface area (Å²) in [4.78, 5) is 21.9. The summed E-state index contributed by atoms with van der Waals surface area (Å²) < 4.78 is 5.54. The average Bonchev–Trinajstić information content (AvgIpc) is 3.12. The van der Waals surface area contributed by atoms with Gasteiger partial charge in [-0.15, -0.1) is 12.4 Å². The molecule has 3 rings (SSSR count). The Kier molecular flexibility index (Phi) is 4.93. The molecule has 1 aliphatic heterocycles. The predicted octanol–water partition coefficient (Wildman–Crippen LogP) is 1.53. The van der Waals surface area contributed by atoms with Gasteiger partial charge in [-0.05, 0) is 31.0 Å². The van der Waals surface area contributed by atoms with Gasteiger partial charge in [-0.2, -0.15) is 0 Å². The number of furan rings is 1. The van der Waals surface area contributed by atoms with Gasteiger partial charge in [0.1, 0.15) is 18.1 Å². The Bertz CT molecular complexity index is 576. The topological polar surface area (TPSA) is 85.3 Å². The molecule has 2 aromatic heterocycles. The number of likely N-dealkylation sites (tertiary alicyclic amines) is 1. The molecule has 3 heterocycles. The molecule has 2 atom stereocenters. The van der Waals surface area contributed by atoms with Gasteiger partial charge < -0.3 is 10.2 Å². The molecular formula is C14H17ClN4O2. The molecular weight excluding hydrogens is 292 g/mol. The van der Waals surface area contributed by atoms with E-state index in [1.165, 1.54) is 6.33 Å². The van der Waals surface area contributed by atoms with E-state index in [2.05, 4.69) is 14.9 Å². The molecule has 112 valence electrons. The Labute approximate surface area is 128 Å². The zero-order chi connectivity index (χ0) is 13.9. The van der Waals surface area contributed by atoms with Crippen molar-refractivity contribution in [1.82, 2.24) is 14.9 Å². The van der Waals surface area contributed by atoms with Gasteiger partial charge in [0.2, 0.25) is 5.91 Å². The highest BCUT2D eigenvalue weighted by Crippen LogP contribution is 2.33. The van der Waals surface area contributed by atoms with Crippen molar-refractivity contribution in [2.75, 3.05) is 6.54 Å². The van der Waals surface area contributed by atoms with Crippen LogP contribution in [0.4, 0.5) is 0 Å². The number of halogens is 1. The maximum absolute atomic E-state index is 11.6. The standard InChI is InChI=1S/C14H16N4O2.ClH/c15-14(19)11-3-1-7-18(11)13(12-4-2-8-20-12)10-5-6-16-9-17-10;/h2,4-6,8-9,11,13H,1,3,7H2,(H2,15,19);1H. The Hall–Kier alpha value is -1.92. The quantitative estimate of drug-likeness (QED) is 0.926. The first-order valence-corrected chi connectivity index (χ1v) is 6.62. The zero-order valence-electron chi connectivity index (χ0n) is 11.4. The van der Waals surface area contributed by atoms with Crippen LogP contribution in [0.1, 0.15) is 30.3 Å². The lowest BCUT2D eigenvalue weighted by Crippen LogP contribution is -2.42. The summed E-state index contributed by atoms with van der Waals surface area (Å²) in [5.41, 5.74) is 6.32. The molecule has 7 heteroatoms. The highest BCUT2D eigenvalue weighted by Gasteiger charge is 2.37. The van der Waals surface area contributed by atoms with E-state index >= 15 is 0 Å². The van der Waals surface area contributed by atoms with E-state index in [0.29, 0.717) is 0 Å². The van der Waals surface area contributed by atoms with Crippen molar-refractivity contribution in [3.63, 3.8) is 0 Å². The molecule has 0 aromatic carbocycles. The molecule has 1 amide bonds. The molecule has 6 nitrogen and oxygen atoms in total. The number of carbonyl (C=O) groups is 1. The van der Waals surface area contributed by atoms with E-state index in [-0.39, 0.29) is 30.4 Å². The lowest BCUT2D eigenvalue weighted by atomic mass is 10.1. The summed E-state index contributed by atoms with van der Waals surface area (Å²) in [7, 11) is 0. The first-order chi connectivity index (χ1) is 9.77. The van der Waals surface area contributed by atoms with Crippen LogP contribution in [0.15, 0.2) is 41.4 Å². The minimum absolute atomic E-state index is 0. The summed E-state index contributed by atoms with van der Waals surface area (Å²) in [6.07, 6.45) is 6.53. The summed E-state index contributed by atoms with van der Waals surface area (Å²) in [5, 5.41) is 0. The predicted molar refractivity (Wildman–Crippen MR) is 78.8 cm³/mol. The smallest absolute Gasteiger partial charge is 0.234 e. The summed E-state index contributed by atoms with van der Waals surface area (Å²) in [5.74, 6) is 0.463. The second-order valence-electron chi connectivity index (χ2n) is 4.85. The lowest BCUT2D eigenvalue weighted by Gasteiger charge is -2.29. The van der Waals surface area contributed by atoms with Crippen molar-refractivity contribution < 1.29 is 9.21 Å². The fourth-order valence-electron chi connectivity index (χ4n) is 2.79. The zero-order valence-corrected chi connectivity index (χ0v) is 12.2. The normalized spacial score (nSPS) is 19.9. The molecule has 2 unspecified atom stereocenters. The van der Waals surface area contributed by atoms with E-state index in [1.54, 1.807) is 12.5 Å². The highest BCUT2D eigenvalue weighted by atomic mass is 35.5. The van der Waals surface area contributed by atoms with Crippen LogP contribution in [-0.4, -0.2) is 33.4 Å². The number of carbonyl (C=O) groups excluding carboxylic acids is 1. The Morgan fingerprint density at radius 1 is 1.48 bits per heavy atom. The second-order valence-corrected chi connectivity index (χ2v) is 4.85. The number of nitrogens with zero attached hydrogens (tertiary/aromatic N) is 3. The van der Waals surface area contributed by atoms with Crippen LogP contribution in [0.5, 0.6) is 0 Å². The van der Waals surface area contributed by atoms with Crippen molar-refractivity contribution in [3.05, 3.63) is 48.4 Å². The van der Waals surface area contributed by atoms with Crippen molar-refractivity contribution >= 4 is 18.3 Å². The van der Waals surface area contributed by atoms with Crippen LogP contribution < -0.4 is 5.73 Å². The van der Waals surface area contributed by atoms with E-state index in [1.807, 2.05) is 18.2 Å². The molecule has 0 bridgehead atoms. The maximum atomic E-state index is 11.6. The van der Waals surface area contributed by atoms with Gasteiger partial charge in [0.05, 0.1) is 18.0 Å². The van der Waals surface area contributed by atoms with Crippen LogP contribution in [-0.2, 0) is 4.79 Å². The van der Waals surface area contributed by atoms with Gasteiger partial charge in [-0.3, -0.25) is 9.69 Å². The number of nitrogens with two attached hydrogens (primary N) is 1. The van der Waals surface area contributed by atoms with Crippen LogP contribution in [0, 0.1) is 0 Å². The van der Waals surface area contributed by atoms with Gasteiger partial charge in [-0.25, -0.2) is 9.97 Å². The minimum atomic E-state index is -0.298. The highest BCUT2D eigenvalue weighted by molar-refractivity contribution is 5.85. The molecule has 0 aliphatic carbocycles. The van der Waals surface area contributed by atoms with Gasteiger partial charge in [0.25, 0.3) is 0 Å². The van der Waals surface area contributed by atoms with Gasteiger partial charge in [0.15, 0.2) is 0 Å². The summed E-state index contributed by atoms with van der Waals surface area (Å²) >= 11 is 0. The molecule has 2 aromatic rings. The maximum Gasteiger partial charge on any atom is 0.234 e. The Morgan fingerprint density at radius 2 is 2.33 bits per heavy atom. The third kappa shape index (κ3) is 3.06. The molecule has 21 heavy (non-hydrogen) atoms. The van der Waals surface area contributed by atoms with Gasteiger partial charge in [0, 0.05) is 12.7 Å². The second kappa shape index (κ2) is 6.69. The lowest BCUT2D eigenvalue weighted by molar-refractivity contribution is -0.122. The SMILES string of the molecule is Cl.NC(=O)C1CCCN1C(c1ccncn1)c1ccco1. The number of aromatic nitrogens is 2. The molecule has 2 N–H and O–H groups in total. The number of rotatable bonds is 4. The van der Waals surface area contributed by atoms with E-state index < -0.39 is 0 Å². The largest absolute Gasteiger partial charge is 0.467 e. The first-order valence-electron chi connectivity index (χ1n) is 6.62. The fourth-order valence-corrected chi connectivity index (χ4v) is 2.79. The Balaban J connectivity index is 0.00000161. The fraction of sp³-hybridized carbons (Fsp3) is 0.357. The van der Waals surface area contributed by atoms with E-state index in [4.69, 9.17) is 10.2 Å². The third-order valence-corrected chi connectivity index (χ3v) is 3.65. The van der Waals surface area contributed by atoms with Gasteiger partial charge >= 0.3 is 0 Å². The number of hydrogen-bond donors (Lipinski definition) is 1. The average molecular weight is 309 g/mol. The molecule has 0 radical (unpaired) electrons. The first kappa shape index (κ1) is 15.5.